The number of rotatable bonds is 9. The van der Waals surface area contributed by atoms with Gasteiger partial charge in [0.2, 0.25) is 5.91 Å². The molecule has 1 unspecified atom stereocenters. The van der Waals surface area contributed by atoms with E-state index in [1.165, 1.54) is 26.2 Å². The minimum atomic E-state index is -1.66. The topological polar surface area (TPSA) is 145 Å². The number of nitriles is 1. The number of carbonyl (C=O) groups is 2. The number of ether oxygens (including phenoxy) is 1. The molecule has 1 atom stereocenters. The van der Waals surface area contributed by atoms with Crippen molar-refractivity contribution in [3.63, 3.8) is 0 Å². The standard InChI is InChI=1S/C33H40FN7O4/c1-30(2,44)27(34)18-37-28(42)23-17-36-25(26-6-5-22-13-21(15-35)16-38-41(22)26)14-24(23)39-33-10-7-32(8-11-33,9-12-33)29(43)40-19-31(3,20-40)45-4/h5-6,13-14,16-17,27,44H,7-12,18-20H2,1-4H3,(H,36,39)(H,37,42). The van der Waals surface area contributed by atoms with Gasteiger partial charge in [0.1, 0.15) is 12.2 Å². The number of aliphatic hydroxyl groups is 1. The highest BCUT2D eigenvalue weighted by molar-refractivity contribution is 6.00. The Bertz CT molecular complexity index is 1660. The molecule has 45 heavy (non-hydrogen) atoms. The smallest absolute Gasteiger partial charge is 0.255 e. The Morgan fingerprint density at radius 1 is 1.16 bits per heavy atom. The van der Waals surface area contributed by atoms with Gasteiger partial charge < -0.3 is 25.4 Å². The van der Waals surface area contributed by atoms with Crippen molar-refractivity contribution in [1.29, 1.82) is 5.26 Å². The van der Waals surface area contributed by atoms with E-state index in [4.69, 9.17) is 4.74 Å². The lowest BCUT2D eigenvalue weighted by molar-refractivity contribution is -0.173. The Kier molecular flexibility index (Phi) is 7.61. The monoisotopic (exact) mass is 617 g/mol. The molecule has 0 aromatic carbocycles. The van der Waals surface area contributed by atoms with Gasteiger partial charge in [0.25, 0.3) is 5.91 Å². The van der Waals surface area contributed by atoms with E-state index >= 15 is 0 Å². The average molecular weight is 618 g/mol. The summed E-state index contributed by atoms with van der Waals surface area (Å²) >= 11 is 0. The van der Waals surface area contributed by atoms with Crippen molar-refractivity contribution in [3.8, 4) is 17.5 Å². The van der Waals surface area contributed by atoms with Gasteiger partial charge in [0.05, 0.1) is 70.8 Å². The van der Waals surface area contributed by atoms with E-state index in [1.807, 2.05) is 30.0 Å². The number of alkyl halides is 1. The highest BCUT2D eigenvalue weighted by Gasteiger charge is 2.56. The van der Waals surface area contributed by atoms with Crippen LogP contribution >= 0.6 is 0 Å². The summed E-state index contributed by atoms with van der Waals surface area (Å²) in [7, 11) is 1.68. The predicted molar refractivity (Wildman–Crippen MR) is 165 cm³/mol. The van der Waals surface area contributed by atoms with E-state index in [0.717, 1.165) is 44.0 Å². The molecule has 3 saturated carbocycles. The molecule has 7 rings (SSSR count). The Labute approximate surface area is 261 Å². The van der Waals surface area contributed by atoms with E-state index in [2.05, 4.69) is 26.8 Å². The third-order valence-corrected chi connectivity index (χ3v) is 10.2. The fraction of sp³-hybridized carbons (Fsp3) is 0.545. The molecule has 4 fully saturated rings. The van der Waals surface area contributed by atoms with Gasteiger partial charge in [0, 0.05) is 24.3 Å². The van der Waals surface area contributed by atoms with E-state index in [0.29, 0.717) is 35.7 Å². The molecule has 11 nitrogen and oxygen atoms in total. The van der Waals surface area contributed by atoms with Crippen LogP contribution in [-0.2, 0) is 9.53 Å². The summed E-state index contributed by atoms with van der Waals surface area (Å²) in [6, 6.07) is 9.35. The number of anilines is 1. The third-order valence-electron chi connectivity index (χ3n) is 10.2. The van der Waals surface area contributed by atoms with Gasteiger partial charge in [-0.1, -0.05) is 0 Å². The Morgan fingerprint density at radius 2 is 1.84 bits per heavy atom. The third kappa shape index (κ3) is 5.64. The van der Waals surface area contributed by atoms with Crippen LogP contribution in [0.3, 0.4) is 0 Å². The molecule has 3 N–H and O–H groups in total. The number of methoxy groups -OCH3 is 1. The number of pyridine rings is 1. The van der Waals surface area contributed by atoms with Crippen LogP contribution in [0.25, 0.3) is 16.9 Å². The fourth-order valence-corrected chi connectivity index (χ4v) is 7.01. The number of nitrogens with one attached hydrogen (secondary N) is 2. The first-order valence-corrected chi connectivity index (χ1v) is 15.5. The number of carbonyl (C=O) groups excluding carboxylic acids is 2. The van der Waals surface area contributed by atoms with E-state index in [-0.39, 0.29) is 34.6 Å². The second kappa shape index (κ2) is 11.1. The SMILES string of the molecule is COC1(C)CN(C(=O)C23CCC(Nc4cc(-c5ccc6cc(C#N)cnn56)ncc4C(=O)NCC(F)C(C)(C)O)(CC2)CC3)C1. The summed E-state index contributed by atoms with van der Waals surface area (Å²) in [6.45, 7) is 5.61. The summed E-state index contributed by atoms with van der Waals surface area (Å²) < 4.78 is 21.8. The summed E-state index contributed by atoms with van der Waals surface area (Å²) in [5.41, 5.74) is 0.679. The average Bonchev–Trinajstić information content (AvgIpc) is 3.45. The number of halogens is 1. The maximum Gasteiger partial charge on any atom is 0.255 e. The molecular weight excluding hydrogens is 577 g/mol. The van der Waals surface area contributed by atoms with Crippen LogP contribution in [0.15, 0.2) is 36.7 Å². The first-order chi connectivity index (χ1) is 21.3. The molecule has 1 saturated heterocycles. The minimum absolute atomic E-state index is 0.219. The molecule has 1 aliphatic heterocycles. The van der Waals surface area contributed by atoms with E-state index < -0.39 is 17.7 Å². The van der Waals surface area contributed by atoms with Gasteiger partial charge in [-0.05, 0) is 83.6 Å². The van der Waals surface area contributed by atoms with Crippen molar-refractivity contribution in [2.75, 3.05) is 32.1 Å². The molecule has 0 radical (unpaired) electrons. The Morgan fingerprint density at radius 3 is 2.47 bits per heavy atom. The van der Waals surface area contributed by atoms with Crippen molar-refractivity contribution in [3.05, 3.63) is 47.8 Å². The van der Waals surface area contributed by atoms with Gasteiger partial charge in [0.15, 0.2) is 0 Å². The lowest BCUT2D eigenvalue weighted by Crippen LogP contribution is -2.67. The highest BCUT2D eigenvalue weighted by Crippen LogP contribution is 2.55. The zero-order chi connectivity index (χ0) is 32.2. The van der Waals surface area contributed by atoms with Crippen LogP contribution in [0.4, 0.5) is 10.1 Å². The predicted octanol–water partition coefficient (Wildman–Crippen LogP) is 3.86. The van der Waals surface area contributed by atoms with Gasteiger partial charge in [-0.15, -0.1) is 0 Å². The van der Waals surface area contributed by atoms with E-state index in [9.17, 15) is 24.3 Å². The normalized spacial score (nSPS) is 24.5. The highest BCUT2D eigenvalue weighted by atomic mass is 19.1. The number of likely N-dealkylation sites (tertiary alicyclic amines) is 1. The van der Waals surface area contributed by atoms with Crippen LogP contribution in [0.1, 0.15) is 75.2 Å². The molecule has 4 heterocycles. The van der Waals surface area contributed by atoms with Gasteiger partial charge in [-0.2, -0.15) is 10.4 Å². The maximum atomic E-state index is 14.5. The van der Waals surface area contributed by atoms with Gasteiger partial charge in [-0.3, -0.25) is 14.6 Å². The summed E-state index contributed by atoms with van der Waals surface area (Å²) in [6.07, 6.45) is 5.86. The molecule has 3 aliphatic carbocycles. The molecule has 4 aliphatic rings. The number of amides is 2. The summed E-state index contributed by atoms with van der Waals surface area (Å²) in [5.74, 6) is -0.289. The van der Waals surface area contributed by atoms with Crippen LogP contribution in [0, 0.1) is 16.7 Å². The molecule has 2 bridgehead atoms. The maximum absolute atomic E-state index is 14.5. The van der Waals surface area contributed by atoms with Crippen LogP contribution < -0.4 is 10.6 Å². The molecule has 2 amide bonds. The number of aromatic nitrogens is 3. The molecule has 0 spiro atoms. The number of hydrogen-bond donors (Lipinski definition) is 3. The zero-order valence-corrected chi connectivity index (χ0v) is 26.2. The van der Waals surface area contributed by atoms with Gasteiger partial charge >= 0.3 is 0 Å². The van der Waals surface area contributed by atoms with Crippen LogP contribution in [-0.4, -0.2) is 86.1 Å². The van der Waals surface area contributed by atoms with Gasteiger partial charge in [-0.25, -0.2) is 8.91 Å². The Balaban J connectivity index is 1.26. The van der Waals surface area contributed by atoms with Crippen LogP contribution in [0.2, 0.25) is 0 Å². The van der Waals surface area contributed by atoms with Crippen molar-refractivity contribution in [2.45, 2.75) is 82.2 Å². The first kappa shape index (κ1) is 30.9. The fourth-order valence-electron chi connectivity index (χ4n) is 7.01. The van der Waals surface area contributed by atoms with E-state index in [1.54, 1.807) is 17.7 Å². The second-order valence-electron chi connectivity index (χ2n) is 13.9. The molecule has 3 aromatic heterocycles. The molecular formula is C33H40FN7O4. The van der Waals surface area contributed by atoms with Crippen molar-refractivity contribution in [2.24, 2.45) is 5.41 Å². The first-order valence-electron chi connectivity index (χ1n) is 15.5. The lowest BCUT2D eigenvalue weighted by Gasteiger charge is -2.57. The quantitative estimate of drug-likeness (QED) is 0.328. The largest absolute Gasteiger partial charge is 0.387 e. The minimum Gasteiger partial charge on any atom is -0.387 e. The summed E-state index contributed by atoms with van der Waals surface area (Å²) in [5, 5.41) is 30.0. The van der Waals surface area contributed by atoms with Crippen molar-refractivity contribution < 1.29 is 23.8 Å². The number of fused-ring (bicyclic) bond motifs is 4. The second-order valence-corrected chi connectivity index (χ2v) is 13.9. The Hall–Kier alpha value is -4.08. The zero-order valence-electron chi connectivity index (χ0n) is 26.2. The van der Waals surface area contributed by atoms with Crippen LogP contribution in [0.5, 0.6) is 0 Å². The molecule has 3 aromatic rings. The number of nitrogens with zero attached hydrogens (tertiary/aromatic N) is 5. The van der Waals surface area contributed by atoms with Crippen molar-refractivity contribution in [1.82, 2.24) is 24.8 Å². The summed E-state index contributed by atoms with van der Waals surface area (Å²) in [4.78, 5) is 33.5. The molecule has 12 heteroatoms. The lowest BCUT2D eigenvalue weighted by atomic mass is 9.56. The number of hydrogen-bond acceptors (Lipinski definition) is 8. The van der Waals surface area contributed by atoms with Crippen molar-refractivity contribution >= 4 is 23.0 Å². The molecule has 238 valence electrons.